The van der Waals surface area contributed by atoms with Crippen molar-refractivity contribution in [1.82, 2.24) is 0 Å². The Morgan fingerprint density at radius 1 is 1.00 bits per heavy atom. The smallest absolute Gasteiger partial charge is 0.340 e. The van der Waals surface area contributed by atoms with Gasteiger partial charge in [0.1, 0.15) is 17.1 Å². The van der Waals surface area contributed by atoms with Crippen LogP contribution in [0.4, 0.5) is 5.69 Å². The molecule has 0 amide bonds. The highest BCUT2D eigenvalue weighted by Crippen LogP contribution is 2.37. The van der Waals surface area contributed by atoms with E-state index in [-0.39, 0.29) is 5.63 Å². The monoisotopic (exact) mass is 469 g/mol. The molecule has 0 bridgehead atoms. The molecule has 4 aromatic rings. The molecule has 0 spiro atoms. The van der Waals surface area contributed by atoms with E-state index in [1.807, 2.05) is 56.3 Å². The molecule has 0 saturated carbocycles. The zero-order valence-electron chi connectivity index (χ0n) is 20.6. The van der Waals surface area contributed by atoms with Crippen LogP contribution in [0.3, 0.4) is 0 Å². The molecule has 1 aromatic heterocycles. The highest BCUT2D eigenvalue weighted by molar-refractivity contribution is 5.87. The van der Waals surface area contributed by atoms with E-state index in [2.05, 4.69) is 30.0 Å². The summed E-state index contributed by atoms with van der Waals surface area (Å²) in [6.45, 7) is 8.04. The minimum absolute atomic E-state index is 0.277. The summed E-state index contributed by atoms with van der Waals surface area (Å²) in [6, 6.07) is 20.3. The number of hydrogen-bond acceptors (Lipinski definition) is 5. The second kappa shape index (κ2) is 9.87. The van der Waals surface area contributed by atoms with E-state index in [9.17, 15) is 4.79 Å². The number of nitrogens with zero attached hydrogens (tertiary/aromatic N) is 1. The number of unbranched alkanes of at least 4 members (excludes halogenated alkanes) is 1. The number of ether oxygens (including phenoxy) is 2. The van der Waals surface area contributed by atoms with Crippen molar-refractivity contribution in [1.29, 1.82) is 0 Å². The largest absolute Gasteiger partial charge is 0.494 e. The lowest BCUT2D eigenvalue weighted by molar-refractivity contribution is 0.287. The van der Waals surface area contributed by atoms with Crippen molar-refractivity contribution in [2.24, 2.45) is 0 Å². The highest BCUT2D eigenvalue weighted by atomic mass is 16.5. The normalized spacial score (nSPS) is 12.9. The van der Waals surface area contributed by atoms with E-state index < -0.39 is 0 Å². The van der Waals surface area contributed by atoms with Gasteiger partial charge in [0.05, 0.1) is 6.61 Å². The first-order valence-corrected chi connectivity index (χ1v) is 12.3. The average Bonchev–Trinajstić information content (AvgIpc) is 2.88. The molecule has 0 N–H and O–H groups in total. The zero-order valence-corrected chi connectivity index (χ0v) is 20.6. The van der Waals surface area contributed by atoms with Crippen LogP contribution in [0.5, 0.6) is 11.5 Å². The summed E-state index contributed by atoms with van der Waals surface area (Å²) < 4.78 is 17.8. The Hall–Kier alpha value is -3.73. The summed E-state index contributed by atoms with van der Waals surface area (Å²) in [6.07, 6.45) is 2.72. The summed E-state index contributed by atoms with van der Waals surface area (Å²) in [5.74, 6) is 1.70. The van der Waals surface area contributed by atoms with Gasteiger partial charge in [-0.05, 0) is 61.7 Å². The van der Waals surface area contributed by atoms with Crippen LogP contribution in [0.1, 0.15) is 47.6 Å². The van der Waals surface area contributed by atoms with Crippen molar-refractivity contribution in [3.8, 4) is 11.5 Å². The molecular weight excluding hydrogens is 438 g/mol. The van der Waals surface area contributed by atoms with E-state index in [0.29, 0.717) is 24.3 Å². The maximum Gasteiger partial charge on any atom is 0.340 e. The number of rotatable bonds is 7. The Balaban J connectivity index is 1.45. The number of hydrogen-bond donors (Lipinski definition) is 0. The van der Waals surface area contributed by atoms with Crippen LogP contribution in [-0.4, -0.2) is 13.3 Å². The minimum Gasteiger partial charge on any atom is -0.494 e. The SMILES string of the molecule is CCCCOc1ccc(N2COc3c(cc4c(C)c(Cc5ccccc5)c(=O)oc4c3C)C2)cc1. The van der Waals surface area contributed by atoms with E-state index in [1.54, 1.807) is 0 Å². The average molecular weight is 470 g/mol. The molecule has 5 rings (SSSR count). The Bertz CT molecular complexity index is 1390. The van der Waals surface area contributed by atoms with Gasteiger partial charge in [0.15, 0.2) is 6.73 Å². The third kappa shape index (κ3) is 4.63. The number of benzene rings is 3. The van der Waals surface area contributed by atoms with Crippen LogP contribution in [0.15, 0.2) is 69.9 Å². The van der Waals surface area contributed by atoms with Crippen molar-refractivity contribution >= 4 is 16.7 Å². The lowest BCUT2D eigenvalue weighted by Gasteiger charge is -2.32. The maximum atomic E-state index is 12.9. The molecule has 180 valence electrons. The first-order chi connectivity index (χ1) is 17.0. The molecule has 1 aliphatic heterocycles. The molecule has 0 radical (unpaired) electrons. The molecular formula is C30H31NO4. The lowest BCUT2D eigenvalue weighted by atomic mass is 9.96. The van der Waals surface area contributed by atoms with Crippen molar-refractivity contribution in [2.45, 2.75) is 46.6 Å². The Morgan fingerprint density at radius 2 is 1.77 bits per heavy atom. The summed E-state index contributed by atoms with van der Waals surface area (Å²) in [5, 5.41) is 0.969. The quantitative estimate of drug-likeness (QED) is 0.227. The van der Waals surface area contributed by atoms with Gasteiger partial charge in [0.2, 0.25) is 0 Å². The van der Waals surface area contributed by atoms with Crippen LogP contribution in [-0.2, 0) is 13.0 Å². The molecule has 0 fully saturated rings. The van der Waals surface area contributed by atoms with Gasteiger partial charge >= 0.3 is 5.63 Å². The Morgan fingerprint density at radius 3 is 2.51 bits per heavy atom. The van der Waals surface area contributed by atoms with E-state index in [4.69, 9.17) is 13.9 Å². The highest BCUT2D eigenvalue weighted by Gasteiger charge is 2.24. The number of fused-ring (bicyclic) bond motifs is 2. The predicted octanol–water partition coefficient (Wildman–Crippen LogP) is 6.54. The van der Waals surface area contributed by atoms with Gasteiger partial charge < -0.3 is 18.8 Å². The summed E-state index contributed by atoms with van der Waals surface area (Å²) in [5.41, 5.74) is 6.15. The van der Waals surface area contributed by atoms with Gasteiger partial charge in [0.25, 0.3) is 0 Å². The standard InChI is InChI=1S/C30H31NO4/c1-4-5-15-33-25-13-11-24(12-14-25)31-18-23-17-26-20(2)27(16-22-9-7-6-8-10-22)30(32)35-29(26)21(3)28(23)34-19-31/h6-14,17H,4-5,15-16,18-19H2,1-3H3. The van der Waals surface area contributed by atoms with E-state index in [1.165, 1.54) is 0 Å². The molecule has 2 heterocycles. The van der Waals surface area contributed by atoms with Crippen molar-refractivity contribution in [2.75, 3.05) is 18.2 Å². The van der Waals surface area contributed by atoms with Crippen LogP contribution in [0, 0.1) is 13.8 Å². The van der Waals surface area contributed by atoms with Gasteiger partial charge in [-0.15, -0.1) is 0 Å². The third-order valence-electron chi connectivity index (χ3n) is 6.75. The Labute approximate surface area is 205 Å². The fourth-order valence-corrected chi connectivity index (χ4v) is 4.70. The molecule has 35 heavy (non-hydrogen) atoms. The fourth-order valence-electron chi connectivity index (χ4n) is 4.70. The van der Waals surface area contributed by atoms with Gasteiger partial charge in [-0.3, -0.25) is 0 Å². The molecule has 5 nitrogen and oxygen atoms in total. The zero-order chi connectivity index (χ0) is 24.4. The molecule has 0 unspecified atom stereocenters. The van der Waals surface area contributed by atoms with Crippen molar-refractivity contribution < 1.29 is 13.9 Å². The van der Waals surface area contributed by atoms with Crippen LogP contribution in [0.2, 0.25) is 0 Å². The lowest BCUT2D eigenvalue weighted by Crippen LogP contribution is -2.32. The van der Waals surface area contributed by atoms with E-state index >= 15 is 0 Å². The second-order valence-electron chi connectivity index (χ2n) is 9.19. The van der Waals surface area contributed by atoms with Crippen LogP contribution >= 0.6 is 0 Å². The topological polar surface area (TPSA) is 51.9 Å². The molecule has 0 aliphatic carbocycles. The molecule has 1 aliphatic rings. The van der Waals surface area contributed by atoms with Gasteiger partial charge in [0, 0.05) is 40.7 Å². The van der Waals surface area contributed by atoms with Gasteiger partial charge in [-0.1, -0.05) is 43.7 Å². The molecule has 0 atom stereocenters. The molecule has 3 aromatic carbocycles. The predicted molar refractivity (Wildman–Crippen MR) is 140 cm³/mol. The third-order valence-corrected chi connectivity index (χ3v) is 6.75. The minimum atomic E-state index is -0.277. The number of anilines is 1. The molecule has 0 saturated heterocycles. The fraction of sp³-hybridized carbons (Fsp3) is 0.300. The first kappa shape index (κ1) is 23.0. The number of aryl methyl sites for hydroxylation is 2. The first-order valence-electron chi connectivity index (χ1n) is 12.3. The molecule has 5 heteroatoms. The summed E-state index contributed by atoms with van der Waals surface area (Å²) >= 11 is 0. The van der Waals surface area contributed by atoms with Crippen molar-refractivity contribution in [3.05, 3.63) is 98.9 Å². The van der Waals surface area contributed by atoms with E-state index in [0.717, 1.165) is 70.8 Å². The van der Waals surface area contributed by atoms with Gasteiger partial charge in [-0.25, -0.2) is 4.79 Å². The summed E-state index contributed by atoms with van der Waals surface area (Å²) in [4.78, 5) is 15.1. The second-order valence-corrected chi connectivity index (χ2v) is 9.19. The maximum absolute atomic E-state index is 12.9. The van der Waals surface area contributed by atoms with Gasteiger partial charge in [-0.2, -0.15) is 0 Å². The van der Waals surface area contributed by atoms with Crippen LogP contribution < -0.4 is 20.0 Å². The summed E-state index contributed by atoms with van der Waals surface area (Å²) in [7, 11) is 0. The van der Waals surface area contributed by atoms with Crippen molar-refractivity contribution in [3.63, 3.8) is 0 Å². The Kier molecular flexibility index (Phi) is 6.49. The van der Waals surface area contributed by atoms with Crippen LogP contribution in [0.25, 0.3) is 11.0 Å².